The molecule has 184 valence electrons. The van der Waals surface area contributed by atoms with Gasteiger partial charge in [0.1, 0.15) is 23.1 Å². The Morgan fingerprint density at radius 1 is 1.00 bits per heavy atom. The maximum atomic E-state index is 12.9. The maximum absolute atomic E-state index is 12.9. The zero-order chi connectivity index (χ0) is 24.8. The number of hydrogen-bond acceptors (Lipinski definition) is 5. The van der Waals surface area contributed by atoms with E-state index in [1.807, 2.05) is 0 Å². The van der Waals surface area contributed by atoms with Gasteiger partial charge in [-0.1, -0.05) is 53.7 Å². The molecule has 0 unspecified atom stereocenters. The fourth-order valence-corrected chi connectivity index (χ4v) is 4.96. The third-order valence-corrected chi connectivity index (χ3v) is 7.45. The molecule has 0 aliphatic heterocycles. The van der Waals surface area contributed by atoms with Gasteiger partial charge in [-0.05, 0) is 49.2 Å². The second-order valence-corrected chi connectivity index (χ2v) is 10.2. The highest BCUT2D eigenvalue weighted by Gasteiger charge is 2.29. The molecule has 2 atom stereocenters. The summed E-state index contributed by atoms with van der Waals surface area (Å²) in [5, 5.41) is 12.4. The van der Waals surface area contributed by atoms with Gasteiger partial charge in [-0.2, -0.15) is 0 Å². The van der Waals surface area contributed by atoms with Crippen LogP contribution >= 0.6 is 46.1 Å². The van der Waals surface area contributed by atoms with Crippen LogP contribution < -0.4 is 20.7 Å². The quantitative estimate of drug-likeness (QED) is 0.309. The second kappa shape index (κ2) is 11.9. The lowest BCUT2D eigenvalue weighted by Gasteiger charge is -2.32. The molecule has 1 heterocycles. The molecule has 3 aromatic rings. The summed E-state index contributed by atoms with van der Waals surface area (Å²) in [6, 6.07) is 11.2. The smallest absolute Gasteiger partial charge is 0.319 e. The molecule has 3 amide bonds. The average Bonchev–Trinajstić information content (AvgIpc) is 3.32. The van der Waals surface area contributed by atoms with Crippen molar-refractivity contribution in [3.05, 3.63) is 73.6 Å². The highest BCUT2D eigenvalue weighted by molar-refractivity contribution is 7.09. The Kier molecular flexibility index (Phi) is 8.73. The van der Waals surface area contributed by atoms with Crippen molar-refractivity contribution in [3.8, 4) is 5.75 Å². The highest BCUT2D eigenvalue weighted by Crippen LogP contribution is 2.29. The van der Waals surface area contributed by atoms with E-state index in [4.69, 9.17) is 39.5 Å². The number of anilines is 1. The first-order valence-electron chi connectivity index (χ1n) is 11.0. The molecule has 1 aliphatic rings. The Morgan fingerprint density at radius 2 is 1.71 bits per heavy atom. The van der Waals surface area contributed by atoms with Gasteiger partial charge in [0.05, 0.1) is 21.8 Å². The van der Waals surface area contributed by atoms with Crippen LogP contribution in [-0.4, -0.2) is 29.0 Å². The molecular formula is C24H23Cl3N4O3S. The van der Waals surface area contributed by atoms with Crippen molar-refractivity contribution in [2.45, 2.75) is 44.4 Å². The number of hydrogen-bond donors (Lipinski definition) is 3. The normalized spacial score (nSPS) is 17.5. The van der Waals surface area contributed by atoms with Crippen LogP contribution in [0.5, 0.6) is 5.75 Å². The van der Waals surface area contributed by atoms with Crippen molar-refractivity contribution >= 4 is 63.8 Å². The van der Waals surface area contributed by atoms with Gasteiger partial charge in [-0.15, -0.1) is 11.3 Å². The fourth-order valence-electron chi connectivity index (χ4n) is 3.80. The molecule has 35 heavy (non-hydrogen) atoms. The Morgan fingerprint density at radius 3 is 2.46 bits per heavy atom. The summed E-state index contributed by atoms with van der Waals surface area (Å²) in [5.41, 5.74) is 0.744. The van der Waals surface area contributed by atoms with Crippen LogP contribution in [0.2, 0.25) is 15.1 Å². The van der Waals surface area contributed by atoms with Gasteiger partial charge in [-0.3, -0.25) is 4.79 Å². The first kappa shape index (κ1) is 25.6. The largest absolute Gasteiger partial charge is 0.486 e. The van der Waals surface area contributed by atoms with Gasteiger partial charge in [-0.25, -0.2) is 9.78 Å². The Labute approximate surface area is 222 Å². The number of ether oxygens (including phenoxy) is 1. The van der Waals surface area contributed by atoms with Crippen molar-refractivity contribution in [2.75, 3.05) is 5.32 Å². The summed E-state index contributed by atoms with van der Waals surface area (Å²) in [6.45, 7) is 0.249. The second-order valence-electron chi connectivity index (χ2n) is 8.04. The first-order valence-corrected chi connectivity index (χ1v) is 13.1. The molecule has 1 aromatic heterocycles. The van der Waals surface area contributed by atoms with Crippen LogP contribution in [0.4, 0.5) is 10.5 Å². The van der Waals surface area contributed by atoms with E-state index in [1.165, 1.54) is 11.3 Å². The van der Waals surface area contributed by atoms with E-state index in [2.05, 4.69) is 20.9 Å². The van der Waals surface area contributed by atoms with E-state index in [-0.39, 0.29) is 29.6 Å². The van der Waals surface area contributed by atoms with Crippen molar-refractivity contribution < 1.29 is 14.3 Å². The number of carbonyl (C=O) groups excluding carboxylic acids is 2. The Bertz CT molecular complexity index is 1190. The summed E-state index contributed by atoms with van der Waals surface area (Å²) in [5.74, 6) is 0.389. The van der Waals surface area contributed by atoms with Crippen LogP contribution in [-0.2, 0) is 6.61 Å². The molecule has 0 radical (unpaired) electrons. The SMILES string of the molecule is O=C(Nc1cccc(Cl)c1Cl)N[C@H]1CCCC[C@H]1NC(=O)c1csc(COc2ccc(Cl)cc2)n1. The zero-order valence-electron chi connectivity index (χ0n) is 18.5. The molecule has 2 aromatic carbocycles. The van der Waals surface area contributed by atoms with Crippen LogP contribution in [0.3, 0.4) is 0 Å². The predicted octanol–water partition coefficient (Wildman–Crippen LogP) is 6.55. The molecule has 4 rings (SSSR count). The number of rotatable bonds is 7. The van der Waals surface area contributed by atoms with Gasteiger partial charge in [0.2, 0.25) is 0 Å². The standard InChI is InChI=1S/C24H23Cl3N4O3S/c25-14-8-10-15(11-9-14)34-12-21-28-20(13-35-21)23(32)29-17-5-1-2-6-18(17)30-24(33)31-19-7-3-4-16(26)22(19)27/h3-4,7-11,13,17-18H,1-2,5-6,12H2,(H,29,32)(H2,30,31,33)/t17-,18+/m1/s1. The molecule has 7 nitrogen and oxygen atoms in total. The van der Waals surface area contributed by atoms with Gasteiger partial charge < -0.3 is 20.7 Å². The number of aromatic nitrogens is 1. The molecule has 1 fully saturated rings. The van der Waals surface area contributed by atoms with Crippen molar-refractivity contribution in [3.63, 3.8) is 0 Å². The average molecular weight is 554 g/mol. The van der Waals surface area contributed by atoms with Crippen LogP contribution in [0.1, 0.15) is 41.2 Å². The number of nitrogens with one attached hydrogen (secondary N) is 3. The number of amides is 3. The molecular weight excluding hydrogens is 531 g/mol. The maximum Gasteiger partial charge on any atom is 0.319 e. The molecule has 1 saturated carbocycles. The van der Waals surface area contributed by atoms with E-state index in [9.17, 15) is 9.59 Å². The first-order chi connectivity index (χ1) is 16.9. The number of carbonyl (C=O) groups is 2. The minimum atomic E-state index is -0.407. The molecule has 11 heteroatoms. The molecule has 3 N–H and O–H groups in total. The van der Waals surface area contributed by atoms with E-state index in [1.54, 1.807) is 47.8 Å². The van der Waals surface area contributed by atoms with Gasteiger partial charge >= 0.3 is 6.03 Å². The summed E-state index contributed by atoms with van der Waals surface area (Å²) in [6.07, 6.45) is 3.42. The zero-order valence-corrected chi connectivity index (χ0v) is 21.6. The number of benzene rings is 2. The van der Waals surface area contributed by atoms with Crippen LogP contribution in [0.25, 0.3) is 0 Å². The van der Waals surface area contributed by atoms with E-state index < -0.39 is 6.03 Å². The lowest BCUT2D eigenvalue weighted by atomic mass is 9.90. The summed E-state index contributed by atoms with van der Waals surface area (Å²) in [7, 11) is 0. The number of urea groups is 1. The fraction of sp³-hybridized carbons (Fsp3) is 0.292. The predicted molar refractivity (Wildman–Crippen MR) is 140 cm³/mol. The van der Waals surface area contributed by atoms with Crippen molar-refractivity contribution in [1.82, 2.24) is 15.6 Å². The van der Waals surface area contributed by atoms with Crippen LogP contribution in [0, 0.1) is 0 Å². The van der Waals surface area contributed by atoms with E-state index in [0.29, 0.717) is 32.2 Å². The van der Waals surface area contributed by atoms with E-state index >= 15 is 0 Å². The molecule has 0 bridgehead atoms. The summed E-state index contributed by atoms with van der Waals surface area (Å²) >= 11 is 19.4. The lowest BCUT2D eigenvalue weighted by Crippen LogP contribution is -2.54. The Balaban J connectivity index is 1.32. The van der Waals surface area contributed by atoms with Gasteiger partial charge in [0.25, 0.3) is 5.91 Å². The molecule has 0 saturated heterocycles. The third-order valence-electron chi connectivity index (χ3n) is 5.56. The molecule has 0 spiro atoms. The van der Waals surface area contributed by atoms with Gasteiger partial charge in [0.15, 0.2) is 0 Å². The van der Waals surface area contributed by atoms with Crippen molar-refractivity contribution in [2.24, 2.45) is 0 Å². The minimum absolute atomic E-state index is 0.215. The van der Waals surface area contributed by atoms with Gasteiger partial charge in [0, 0.05) is 16.4 Å². The number of halogens is 3. The summed E-state index contributed by atoms with van der Waals surface area (Å²) < 4.78 is 5.70. The monoisotopic (exact) mass is 552 g/mol. The lowest BCUT2D eigenvalue weighted by molar-refractivity contribution is 0.0911. The summed E-state index contributed by atoms with van der Waals surface area (Å²) in [4.78, 5) is 29.8. The van der Waals surface area contributed by atoms with E-state index in [0.717, 1.165) is 25.7 Å². The number of nitrogens with zero attached hydrogens (tertiary/aromatic N) is 1. The van der Waals surface area contributed by atoms with Crippen LogP contribution in [0.15, 0.2) is 47.8 Å². The third kappa shape index (κ3) is 7.01. The highest BCUT2D eigenvalue weighted by atomic mass is 35.5. The molecule has 1 aliphatic carbocycles. The van der Waals surface area contributed by atoms with Crippen molar-refractivity contribution in [1.29, 1.82) is 0 Å². The Hall–Kier alpha value is -2.52. The topological polar surface area (TPSA) is 92.4 Å². The number of thiazole rings is 1. The minimum Gasteiger partial charge on any atom is -0.486 e.